The predicted molar refractivity (Wildman–Crippen MR) is 79.6 cm³/mol. The summed E-state index contributed by atoms with van der Waals surface area (Å²) in [7, 11) is 0. The van der Waals surface area contributed by atoms with E-state index in [-0.39, 0.29) is 5.91 Å². The molecule has 1 amide bonds. The molecule has 1 aliphatic rings. The van der Waals surface area contributed by atoms with Gasteiger partial charge in [0, 0.05) is 14.6 Å². The first-order valence-corrected chi connectivity index (χ1v) is 7.10. The van der Waals surface area contributed by atoms with Crippen LogP contribution >= 0.6 is 31.9 Å². The molecule has 0 spiro atoms. The summed E-state index contributed by atoms with van der Waals surface area (Å²) in [5.74, 6) is 0.0672. The molecule has 3 rings (SSSR count). The number of carbonyl (C=O) groups excluding carboxylic acids is 1. The number of hydrogen-bond donors (Lipinski definition) is 1. The van der Waals surface area contributed by atoms with E-state index < -0.39 is 0 Å². The van der Waals surface area contributed by atoms with Gasteiger partial charge in [0.15, 0.2) is 0 Å². The third-order valence-electron chi connectivity index (χ3n) is 2.93. The number of fused-ring (bicyclic) bond motifs is 1. The lowest BCUT2D eigenvalue weighted by molar-refractivity contribution is -0.115. The summed E-state index contributed by atoms with van der Waals surface area (Å²) in [6, 6.07) is 12.2. The molecule has 2 aromatic carbocycles. The van der Waals surface area contributed by atoms with Crippen molar-refractivity contribution >= 4 is 43.5 Å². The van der Waals surface area contributed by atoms with E-state index in [2.05, 4.69) is 49.3 Å². The van der Waals surface area contributed by atoms with Crippen molar-refractivity contribution in [3.63, 3.8) is 0 Å². The van der Waals surface area contributed by atoms with Crippen molar-refractivity contribution in [2.75, 3.05) is 5.32 Å². The zero-order chi connectivity index (χ0) is 12.7. The van der Waals surface area contributed by atoms with Gasteiger partial charge in [-0.25, -0.2) is 0 Å². The molecule has 18 heavy (non-hydrogen) atoms. The van der Waals surface area contributed by atoms with Crippen molar-refractivity contribution in [3.8, 4) is 11.1 Å². The van der Waals surface area contributed by atoms with Crippen LogP contribution in [0.2, 0.25) is 0 Å². The van der Waals surface area contributed by atoms with Gasteiger partial charge in [0.2, 0.25) is 5.91 Å². The van der Waals surface area contributed by atoms with Gasteiger partial charge in [-0.3, -0.25) is 4.79 Å². The smallest absolute Gasteiger partial charge is 0.228 e. The van der Waals surface area contributed by atoms with Gasteiger partial charge in [0.1, 0.15) is 0 Å². The standard InChI is InChI=1S/C14H9Br2NO/c15-11-3-10(4-12(16)7-11)8-1-2-9-6-14(18)17-13(9)5-8/h1-5,7H,6H2,(H,17,18). The highest BCUT2D eigenvalue weighted by molar-refractivity contribution is 9.11. The van der Waals surface area contributed by atoms with Crippen molar-refractivity contribution in [3.05, 3.63) is 50.9 Å². The number of hydrogen-bond acceptors (Lipinski definition) is 1. The number of carbonyl (C=O) groups is 1. The largest absolute Gasteiger partial charge is 0.326 e. The molecule has 0 bridgehead atoms. The monoisotopic (exact) mass is 365 g/mol. The summed E-state index contributed by atoms with van der Waals surface area (Å²) in [5.41, 5.74) is 4.20. The normalized spacial score (nSPS) is 13.3. The Hall–Kier alpha value is -1.13. The minimum Gasteiger partial charge on any atom is -0.326 e. The van der Waals surface area contributed by atoms with Crippen LogP contribution in [-0.2, 0) is 11.2 Å². The van der Waals surface area contributed by atoms with E-state index in [1.165, 1.54) is 0 Å². The molecule has 0 aliphatic carbocycles. The van der Waals surface area contributed by atoms with E-state index in [1.54, 1.807) is 0 Å². The van der Waals surface area contributed by atoms with Crippen molar-refractivity contribution in [2.45, 2.75) is 6.42 Å². The fourth-order valence-electron chi connectivity index (χ4n) is 2.11. The second-order valence-electron chi connectivity index (χ2n) is 4.26. The molecule has 0 saturated carbocycles. The van der Waals surface area contributed by atoms with Crippen molar-refractivity contribution in [1.29, 1.82) is 0 Å². The van der Waals surface area contributed by atoms with Gasteiger partial charge >= 0.3 is 0 Å². The minimum atomic E-state index is 0.0672. The molecule has 90 valence electrons. The molecule has 2 aromatic rings. The third kappa shape index (κ3) is 2.22. The van der Waals surface area contributed by atoms with Gasteiger partial charge in [0.25, 0.3) is 0 Å². The summed E-state index contributed by atoms with van der Waals surface area (Å²) >= 11 is 6.96. The molecular formula is C14H9Br2NO. The zero-order valence-corrected chi connectivity index (χ0v) is 12.5. The van der Waals surface area contributed by atoms with Crippen LogP contribution in [0.3, 0.4) is 0 Å². The Labute approximate surface area is 122 Å². The molecule has 1 N–H and O–H groups in total. The number of halogens is 2. The number of benzene rings is 2. The summed E-state index contributed by atoms with van der Waals surface area (Å²) < 4.78 is 2.05. The SMILES string of the molecule is O=C1Cc2ccc(-c3cc(Br)cc(Br)c3)cc2N1. The van der Waals surface area contributed by atoms with Crippen LogP contribution in [0.5, 0.6) is 0 Å². The quantitative estimate of drug-likeness (QED) is 0.797. The van der Waals surface area contributed by atoms with Crippen LogP contribution in [0.15, 0.2) is 45.3 Å². The topological polar surface area (TPSA) is 29.1 Å². The fraction of sp³-hybridized carbons (Fsp3) is 0.0714. The van der Waals surface area contributed by atoms with Gasteiger partial charge < -0.3 is 5.32 Å². The van der Waals surface area contributed by atoms with E-state index in [4.69, 9.17) is 0 Å². The summed E-state index contributed by atoms with van der Waals surface area (Å²) in [6.45, 7) is 0. The van der Waals surface area contributed by atoms with Crippen LogP contribution < -0.4 is 5.32 Å². The first-order chi connectivity index (χ1) is 8.61. The average molecular weight is 367 g/mol. The first-order valence-electron chi connectivity index (χ1n) is 5.51. The van der Waals surface area contributed by atoms with E-state index in [0.717, 1.165) is 31.3 Å². The lowest BCUT2D eigenvalue weighted by Crippen LogP contribution is -2.03. The van der Waals surface area contributed by atoms with Crippen molar-refractivity contribution in [1.82, 2.24) is 0 Å². The maximum absolute atomic E-state index is 11.3. The van der Waals surface area contributed by atoms with Gasteiger partial charge in [-0.15, -0.1) is 0 Å². The van der Waals surface area contributed by atoms with Crippen LogP contribution in [0.1, 0.15) is 5.56 Å². The van der Waals surface area contributed by atoms with Crippen LogP contribution in [-0.4, -0.2) is 5.91 Å². The Morgan fingerprint density at radius 1 is 0.944 bits per heavy atom. The van der Waals surface area contributed by atoms with Crippen LogP contribution in [0.25, 0.3) is 11.1 Å². The molecule has 0 fully saturated rings. The third-order valence-corrected chi connectivity index (χ3v) is 3.85. The number of rotatable bonds is 1. The van der Waals surface area contributed by atoms with Crippen LogP contribution in [0, 0.1) is 0 Å². The van der Waals surface area contributed by atoms with Crippen molar-refractivity contribution in [2.24, 2.45) is 0 Å². The highest BCUT2D eigenvalue weighted by Gasteiger charge is 2.17. The highest BCUT2D eigenvalue weighted by Crippen LogP contribution is 2.32. The van der Waals surface area contributed by atoms with E-state index in [1.807, 2.05) is 24.3 Å². The Bertz CT molecular complexity index is 632. The fourth-order valence-corrected chi connectivity index (χ4v) is 3.41. The Kier molecular flexibility index (Phi) is 2.99. The van der Waals surface area contributed by atoms with E-state index in [0.29, 0.717) is 6.42 Å². The maximum Gasteiger partial charge on any atom is 0.228 e. The number of nitrogens with one attached hydrogen (secondary N) is 1. The molecule has 0 atom stereocenters. The molecule has 1 aliphatic heterocycles. The van der Waals surface area contributed by atoms with Gasteiger partial charge in [-0.1, -0.05) is 44.0 Å². The average Bonchev–Trinajstić information content (AvgIpc) is 2.66. The lowest BCUT2D eigenvalue weighted by Gasteiger charge is -2.06. The lowest BCUT2D eigenvalue weighted by atomic mass is 10.0. The first kappa shape index (κ1) is 11.9. The van der Waals surface area contributed by atoms with Gasteiger partial charge in [-0.05, 0) is 41.0 Å². The number of amides is 1. The summed E-state index contributed by atoms with van der Waals surface area (Å²) in [6.07, 6.45) is 0.484. The van der Waals surface area contributed by atoms with Gasteiger partial charge in [0.05, 0.1) is 6.42 Å². The number of anilines is 1. The second-order valence-corrected chi connectivity index (χ2v) is 6.09. The van der Waals surface area contributed by atoms with Crippen molar-refractivity contribution < 1.29 is 4.79 Å². The van der Waals surface area contributed by atoms with E-state index in [9.17, 15) is 4.79 Å². The van der Waals surface area contributed by atoms with E-state index >= 15 is 0 Å². The Balaban J connectivity index is 2.08. The Morgan fingerprint density at radius 2 is 1.67 bits per heavy atom. The molecule has 0 aromatic heterocycles. The second kappa shape index (κ2) is 4.52. The van der Waals surface area contributed by atoms with Gasteiger partial charge in [-0.2, -0.15) is 0 Å². The molecule has 4 heteroatoms. The molecular weight excluding hydrogens is 358 g/mol. The molecule has 0 unspecified atom stereocenters. The minimum absolute atomic E-state index is 0.0672. The predicted octanol–water partition coefficient (Wildman–Crippen LogP) is 4.37. The highest BCUT2D eigenvalue weighted by atomic mass is 79.9. The molecule has 0 radical (unpaired) electrons. The van der Waals surface area contributed by atoms with Crippen LogP contribution in [0.4, 0.5) is 5.69 Å². The zero-order valence-electron chi connectivity index (χ0n) is 9.34. The maximum atomic E-state index is 11.3. The molecule has 0 saturated heterocycles. The molecule has 1 heterocycles. The molecule has 2 nitrogen and oxygen atoms in total. The summed E-state index contributed by atoms with van der Waals surface area (Å²) in [5, 5.41) is 2.87. The summed E-state index contributed by atoms with van der Waals surface area (Å²) in [4.78, 5) is 11.3. The Morgan fingerprint density at radius 3 is 2.39 bits per heavy atom.